The number of hydrogen-bond donors (Lipinski definition) is 1. The van der Waals surface area contributed by atoms with E-state index in [1.165, 1.54) is 13.2 Å². The lowest BCUT2D eigenvalue weighted by Gasteiger charge is -2.22. The molecule has 1 amide bonds. The minimum Gasteiger partial charge on any atom is -0.356 e. The zero-order valence-corrected chi connectivity index (χ0v) is 18.1. The Hall–Kier alpha value is -3.76. The molecule has 32 heavy (non-hydrogen) atoms. The van der Waals surface area contributed by atoms with E-state index in [0.29, 0.717) is 13.1 Å². The number of rotatable bonds is 3. The van der Waals surface area contributed by atoms with E-state index in [0.717, 1.165) is 40.7 Å². The van der Waals surface area contributed by atoms with Crippen LogP contribution in [0.25, 0.3) is 5.82 Å². The molecule has 2 unspecified atom stereocenters. The van der Waals surface area contributed by atoms with Gasteiger partial charge in [-0.2, -0.15) is 5.10 Å². The highest BCUT2D eigenvalue weighted by atomic mass is 16.2. The highest BCUT2D eigenvalue weighted by Crippen LogP contribution is 2.34. The Bertz CT molecular complexity index is 1310. The monoisotopic (exact) mass is 436 g/mol. The van der Waals surface area contributed by atoms with Gasteiger partial charge in [-0.3, -0.25) is 14.2 Å². The third-order valence-electron chi connectivity index (χ3n) is 6.37. The van der Waals surface area contributed by atoms with Crippen molar-refractivity contribution < 1.29 is 4.79 Å². The van der Waals surface area contributed by atoms with Crippen molar-refractivity contribution in [2.24, 2.45) is 18.9 Å². The molecule has 5 heterocycles. The molecule has 2 fully saturated rings. The standard InChI is InChI=1S/C21H24N8O3/c1-12-4-13(2)29(25-12)18-5-17(23-11-24-18)27-7-14-9-28(10-15(14)8-27)20(31)16-6-22-21(32)26(3)19(16)30/h4-6,11,14-15H,7-10H2,1-3H3,(H,22,32). The summed E-state index contributed by atoms with van der Waals surface area (Å²) in [7, 11) is 1.36. The molecule has 2 aliphatic heterocycles. The van der Waals surface area contributed by atoms with Gasteiger partial charge in [0.15, 0.2) is 5.82 Å². The molecule has 0 bridgehead atoms. The van der Waals surface area contributed by atoms with Gasteiger partial charge in [0.25, 0.3) is 11.5 Å². The fourth-order valence-electron chi connectivity index (χ4n) is 4.72. The molecule has 0 aliphatic carbocycles. The second-order valence-corrected chi connectivity index (χ2v) is 8.58. The topological polar surface area (TPSA) is 122 Å². The molecule has 3 aromatic rings. The van der Waals surface area contributed by atoms with Crippen molar-refractivity contribution in [1.82, 2.24) is 34.2 Å². The number of carbonyl (C=O) groups excluding carboxylic acids is 1. The zero-order chi connectivity index (χ0) is 22.6. The number of hydrogen-bond acceptors (Lipinski definition) is 7. The molecule has 3 aromatic heterocycles. The maximum absolute atomic E-state index is 12.9. The van der Waals surface area contributed by atoms with Crippen LogP contribution in [-0.4, -0.2) is 66.3 Å². The predicted octanol–water partition coefficient (Wildman–Crippen LogP) is -0.125. The van der Waals surface area contributed by atoms with Crippen LogP contribution in [0.4, 0.5) is 5.82 Å². The molecule has 2 aliphatic rings. The molecule has 0 saturated carbocycles. The van der Waals surface area contributed by atoms with Crippen LogP contribution in [0.15, 0.2) is 34.2 Å². The number of aromatic nitrogens is 6. The summed E-state index contributed by atoms with van der Waals surface area (Å²) >= 11 is 0. The second kappa shape index (κ2) is 7.43. The predicted molar refractivity (Wildman–Crippen MR) is 116 cm³/mol. The highest BCUT2D eigenvalue weighted by molar-refractivity contribution is 5.93. The number of fused-ring (bicyclic) bond motifs is 1. The molecule has 166 valence electrons. The Morgan fingerprint density at radius 1 is 1.03 bits per heavy atom. The largest absolute Gasteiger partial charge is 0.356 e. The number of amides is 1. The van der Waals surface area contributed by atoms with Crippen LogP contribution in [-0.2, 0) is 7.05 Å². The third-order valence-corrected chi connectivity index (χ3v) is 6.37. The van der Waals surface area contributed by atoms with Crippen LogP contribution in [0, 0.1) is 25.7 Å². The minimum absolute atomic E-state index is 0.00532. The number of nitrogens with one attached hydrogen (secondary N) is 1. The van der Waals surface area contributed by atoms with Crippen molar-refractivity contribution in [2.75, 3.05) is 31.1 Å². The molecule has 0 aromatic carbocycles. The molecule has 0 radical (unpaired) electrons. The van der Waals surface area contributed by atoms with E-state index >= 15 is 0 Å². The normalized spacial score (nSPS) is 20.1. The van der Waals surface area contributed by atoms with Crippen molar-refractivity contribution in [1.29, 1.82) is 0 Å². The molecule has 0 spiro atoms. The Labute approximate surface area is 183 Å². The molecule has 2 atom stereocenters. The Morgan fingerprint density at radius 2 is 1.72 bits per heavy atom. The van der Waals surface area contributed by atoms with Crippen LogP contribution in [0.2, 0.25) is 0 Å². The minimum atomic E-state index is -0.574. The summed E-state index contributed by atoms with van der Waals surface area (Å²) in [6, 6.07) is 3.94. The van der Waals surface area contributed by atoms with Gasteiger partial charge in [0.1, 0.15) is 17.7 Å². The van der Waals surface area contributed by atoms with Gasteiger partial charge in [-0.15, -0.1) is 0 Å². The first-order valence-corrected chi connectivity index (χ1v) is 10.5. The fourth-order valence-corrected chi connectivity index (χ4v) is 4.72. The summed E-state index contributed by atoms with van der Waals surface area (Å²) in [5, 5.41) is 4.50. The highest BCUT2D eigenvalue weighted by Gasteiger charge is 2.42. The number of H-pyrrole nitrogens is 1. The maximum Gasteiger partial charge on any atom is 0.328 e. The van der Waals surface area contributed by atoms with Gasteiger partial charge in [-0.25, -0.2) is 19.4 Å². The number of nitrogens with zero attached hydrogens (tertiary/aromatic N) is 7. The van der Waals surface area contributed by atoms with Crippen molar-refractivity contribution in [3.63, 3.8) is 0 Å². The molecule has 5 rings (SSSR count). The third kappa shape index (κ3) is 3.29. The van der Waals surface area contributed by atoms with Crippen LogP contribution in [0.1, 0.15) is 21.7 Å². The first-order chi connectivity index (χ1) is 15.3. The summed E-state index contributed by atoms with van der Waals surface area (Å²) < 4.78 is 2.73. The van der Waals surface area contributed by atoms with Crippen LogP contribution in [0.3, 0.4) is 0 Å². The summed E-state index contributed by atoms with van der Waals surface area (Å²) in [5.74, 6) is 1.81. The molecule has 11 nitrogen and oxygen atoms in total. The second-order valence-electron chi connectivity index (χ2n) is 8.58. The molecule has 2 saturated heterocycles. The van der Waals surface area contributed by atoms with Crippen LogP contribution >= 0.6 is 0 Å². The Balaban J connectivity index is 1.30. The lowest BCUT2D eigenvalue weighted by molar-refractivity contribution is 0.0779. The van der Waals surface area contributed by atoms with E-state index in [1.54, 1.807) is 11.2 Å². The Kier molecular flexibility index (Phi) is 4.68. The van der Waals surface area contributed by atoms with Crippen molar-refractivity contribution in [3.05, 3.63) is 62.4 Å². The van der Waals surface area contributed by atoms with Gasteiger partial charge < -0.3 is 14.8 Å². The van der Waals surface area contributed by atoms with E-state index in [2.05, 4.69) is 25.0 Å². The quantitative estimate of drug-likeness (QED) is 0.607. The average Bonchev–Trinajstić information content (AvgIpc) is 3.44. The summed E-state index contributed by atoms with van der Waals surface area (Å²) in [5.41, 5.74) is 0.822. The summed E-state index contributed by atoms with van der Waals surface area (Å²) in [6.45, 7) is 6.61. The van der Waals surface area contributed by atoms with E-state index in [-0.39, 0.29) is 23.3 Å². The molecular weight excluding hydrogens is 412 g/mol. The van der Waals surface area contributed by atoms with Crippen molar-refractivity contribution in [3.8, 4) is 5.82 Å². The van der Waals surface area contributed by atoms with Gasteiger partial charge in [-0.05, 0) is 19.9 Å². The first-order valence-electron chi connectivity index (χ1n) is 10.5. The van der Waals surface area contributed by atoms with Gasteiger partial charge in [0, 0.05) is 63.0 Å². The van der Waals surface area contributed by atoms with E-state index in [1.807, 2.05) is 30.7 Å². The molecule has 11 heteroatoms. The number of aromatic amines is 1. The zero-order valence-electron chi connectivity index (χ0n) is 18.1. The number of carbonyl (C=O) groups is 1. The van der Waals surface area contributed by atoms with E-state index in [4.69, 9.17) is 0 Å². The number of aryl methyl sites for hydroxylation is 2. The van der Waals surface area contributed by atoms with Crippen molar-refractivity contribution in [2.45, 2.75) is 13.8 Å². The van der Waals surface area contributed by atoms with E-state index in [9.17, 15) is 14.4 Å². The maximum atomic E-state index is 12.9. The number of likely N-dealkylation sites (tertiary alicyclic amines) is 1. The van der Waals surface area contributed by atoms with Gasteiger partial charge >= 0.3 is 5.69 Å². The summed E-state index contributed by atoms with van der Waals surface area (Å²) in [6.07, 6.45) is 2.77. The van der Waals surface area contributed by atoms with Gasteiger partial charge in [-0.1, -0.05) is 0 Å². The lowest BCUT2D eigenvalue weighted by atomic mass is 10.0. The van der Waals surface area contributed by atoms with Gasteiger partial charge in [0.2, 0.25) is 0 Å². The van der Waals surface area contributed by atoms with Crippen LogP contribution < -0.4 is 16.1 Å². The first kappa shape index (κ1) is 20.2. The number of anilines is 1. The summed E-state index contributed by atoms with van der Waals surface area (Å²) in [4.78, 5) is 52.0. The van der Waals surface area contributed by atoms with Crippen LogP contribution in [0.5, 0.6) is 0 Å². The van der Waals surface area contributed by atoms with Gasteiger partial charge in [0.05, 0.1) is 5.69 Å². The SMILES string of the molecule is Cc1cc(C)n(-c2cc(N3CC4CN(C(=O)c5c[nH]c(=O)n(C)c5=O)CC4C3)ncn2)n1. The molecular formula is C21H24N8O3. The Morgan fingerprint density at radius 3 is 2.38 bits per heavy atom. The van der Waals surface area contributed by atoms with E-state index < -0.39 is 11.2 Å². The lowest BCUT2D eigenvalue weighted by Crippen LogP contribution is -2.41. The average molecular weight is 436 g/mol. The smallest absolute Gasteiger partial charge is 0.328 e. The molecule has 1 N–H and O–H groups in total. The fraction of sp³-hybridized carbons (Fsp3) is 0.429. The van der Waals surface area contributed by atoms with Crippen molar-refractivity contribution >= 4 is 11.7 Å².